The summed E-state index contributed by atoms with van der Waals surface area (Å²) in [7, 11) is 3.47. The maximum atomic E-state index is 5.70. The second-order valence-electron chi connectivity index (χ2n) is 5.53. The highest BCUT2D eigenvalue weighted by Crippen LogP contribution is 2.17. The van der Waals surface area contributed by atoms with E-state index < -0.39 is 0 Å². The molecule has 0 radical (unpaired) electrons. The first-order chi connectivity index (χ1) is 10.7. The highest BCUT2D eigenvalue weighted by molar-refractivity contribution is 5.93. The third-order valence-corrected chi connectivity index (χ3v) is 3.10. The van der Waals surface area contributed by atoms with E-state index in [0.29, 0.717) is 19.1 Å². The quantitative estimate of drug-likeness (QED) is 0.418. The zero-order chi connectivity index (χ0) is 16.2. The molecule has 0 aliphatic rings. The van der Waals surface area contributed by atoms with Gasteiger partial charge in [-0.1, -0.05) is 19.9 Å². The lowest BCUT2D eigenvalue weighted by Gasteiger charge is -2.14. The van der Waals surface area contributed by atoms with Gasteiger partial charge in [-0.3, -0.25) is 4.99 Å². The van der Waals surface area contributed by atoms with Gasteiger partial charge in [0.25, 0.3) is 0 Å². The van der Waals surface area contributed by atoms with Crippen molar-refractivity contribution >= 4 is 11.6 Å². The number of benzene rings is 1. The molecule has 0 saturated carbocycles. The zero-order valence-corrected chi connectivity index (χ0v) is 14.2. The molecular weight excluding hydrogens is 278 g/mol. The molecule has 2 N–H and O–H groups in total. The number of guanidine groups is 1. The minimum atomic E-state index is 0.651. The van der Waals surface area contributed by atoms with Crippen LogP contribution in [0.25, 0.3) is 0 Å². The van der Waals surface area contributed by atoms with Gasteiger partial charge in [0, 0.05) is 45.5 Å². The summed E-state index contributed by atoms with van der Waals surface area (Å²) >= 11 is 0. The van der Waals surface area contributed by atoms with Crippen molar-refractivity contribution in [2.75, 3.05) is 39.2 Å². The van der Waals surface area contributed by atoms with E-state index in [2.05, 4.69) is 29.5 Å². The van der Waals surface area contributed by atoms with Crippen LogP contribution in [0.15, 0.2) is 29.3 Å². The Labute approximate surface area is 134 Å². The van der Waals surface area contributed by atoms with E-state index >= 15 is 0 Å². The van der Waals surface area contributed by atoms with Crippen LogP contribution in [0.5, 0.6) is 5.75 Å². The highest BCUT2D eigenvalue weighted by Gasteiger charge is 2.02. The number of methoxy groups -OCH3 is 1. The Balaban J connectivity index is 2.46. The minimum Gasteiger partial charge on any atom is -0.493 e. The van der Waals surface area contributed by atoms with Crippen LogP contribution in [-0.2, 0) is 4.74 Å². The fourth-order valence-electron chi connectivity index (χ4n) is 1.85. The smallest absolute Gasteiger partial charge is 0.195 e. The standard InChI is InChI=1S/C17H29N3O2/c1-14(2)9-10-19-17(18-3)20-15-7-5-8-16(13-15)22-12-6-11-21-4/h5,7-8,13-14H,6,9-12H2,1-4H3,(H2,18,19,20). The van der Waals surface area contributed by atoms with Crippen LogP contribution >= 0.6 is 0 Å². The Morgan fingerprint density at radius 2 is 2.09 bits per heavy atom. The number of hydrogen-bond donors (Lipinski definition) is 2. The van der Waals surface area contributed by atoms with E-state index in [0.717, 1.165) is 36.8 Å². The number of rotatable bonds is 9. The number of aliphatic imine (C=N–C) groups is 1. The predicted molar refractivity (Wildman–Crippen MR) is 92.9 cm³/mol. The second kappa shape index (κ2) is 10.9. The molecule has 124 valence electrons. The molecule has 5 heteroatoms. The predicted octanol–water partition coefficient (Wildman–Crippen LogP) is 3.14. The minimum absolute atomic E-state index is 0.651. The summed E-state index contributed by atoms with van der Waals surface area (Å²) in [6.45, 7) is 6.69. The van der Waals surface area contributed by atoms with Crippen molar-refractivity contribution in [2.45, 2.75) is 26.7 Å². The molecule has 0 unspecified atom stereocenters. The summed E-state index contributed by atoms with van der Waals surface area (Å²) < 4.78 is 10.7. The van der Waals surface area contributed by atoms with Crippen molar-refractivity contribution in [1.29, 1.82) is 0 Å². The number of anilines is 1. The topological polar surface area (TPSA) is 54.9 Å². The first kappa shape index (κ1) is 18.3. The van der Waals surface area contributed by atoms with Crippen LogP contribution in [0.1, 0.15) is 26.7 Å². The Kier molecular flexibility index (Phi) is 9.07. The summed E-state index contributed by atoms with van der Waals surface area (Å²) in [5.74, 6) is 2.30. The van der Waals surface area contributed by atoms with Gasteiger partial charge in [-0.2, -0.15) is 0 Å². The number of ether oxygens (including phenoxy) is 2. The summed E-state index contributed by atoms with van der Waals surface area (Å²) in [6, 6.07) is 7.89. The summed E-state index contributed by atoms with van der Waals surface area (Å²) in [4.78, 5) is 4.23. The lowest BCUT2D eigenvalue weighted by molar-refractivity contribution is 0.172. The van der Waals surface area contributed by atoms with Gasteiger partial charge in [0.1, 0.15) is 5.75 Å². The first-order valence-electron chi connectivity index (χ1n) is 7.85. The molecule has 0 heterocycles. The van der Waals surface area contributed by atoms with Crippen molar-refractivity contribution in [3.8, 4) is 5.75 Å². The van der Waals surface area contributed by atoms with Gasteiger partial charge >= 0.3 is 0 Å². The molecule has 0 aromatic heterocycles. The Bertz CT molecular complexity index is 447. The highest BCUT2D eigenvalue weighted by atomic mass is 16.5. The average molecular weight is 307 g/mol. The van der Waals surface area contributed by atoms with Crippen molar-refractivity contribution in [3.63, 3.8) is 0 Å². The fraction of sp³-hybridized carbons (Fsp3) is 0.588. The van der Waals surface area contributed by atoms with Crippen molar-refractivity contribution in [1.82, 2.24) is 5.32 Å². The van der Waals surface area contributed by atoms with Crippen molar-refractivity contribution < 1.29 is 9.47 Å². The summed E-state index contributed by atoms with van der Waals surface area (Å²) in [6.07, 6.45) is 2.00. The van der Waals surface area contributed by atoms with Crippen LogP contribution in [0.2, 0.25) is 0 Å². The van der Waals surface area contributed by atoms with Gasteiger partial charge in [-0.15, -0.1) is 0 Å². The Hall–Kier alpha value is -1.75. The van der Waals surface area contributed by atoms with Gasteiger partial charge in [-0.25, -0.2) is 0 Å². The molecule has 0 bridgehead atoms. The Morgan fingerprint density at radius 1 is 1.27 bits per heavy atom. The fourth-order valence-corrected chi connectivity index (χ4v) is 1.85. The average Bonchev–Trinajstić information content (AvgIpc) is 2.50. The molecule has 1 aromatic carbocycles. The molecule has 1 rings (SSSR count). The lowest BCUT2D eigenvalue weighted by Crippen LogP contribution is -2.31. The van der Waals surface area contributed by atoms with E-state index in [4.69, 9.17) is 9.47 Å². The van der Waals surface area contributed by atoms with Crippen molar-refractivity contribution in [2.24, 2.45) is 10.9 Å². The van der Waals surface area contributed by atoms with Gasteiger partial charge in [0.15, 0.2) is 5.96 Å². The first-order valence-corrected chi connectivity index (χ1v) is 7.85. The molecule has 0 saturated heterocycles. The van der Waals surface area contributed by atoms with Crippen LogP contribution < -0.4 is 15.4 Å². The Morgan fingerprint density at radius 3 is 2.77 bits per heavy atom. The number of nitrogens with zero attached hydrogens (tertiary/aromatic N) is 1. The zero-order valence-electron chi connectivity index (χ0n) is 14.2. The van der Waals surface area contributed by atoms with E-state index in [9.17, 15) is 0 Å². The molecule has 22 heavy (non-hydrogen) atoms. The monoisotopic (exact) mass is 307 g/mol. The lowest BCUT2D eigenvalue weighted by atomic mass is 10.1. The largest absolute Gasteiger partial charge is 0.493 e. The molecule has 0 amide bonds. The number of nitrogens with one attached hydrogen (secondary N) is 2. The van der Waals surface area contributed by atoms with Gasteiger partial charge < -0.3 is 20.1 Å². The van der Waals surface area contributed by atoms with E-state index in [1.54, 1.807) is 14.2 Å². The number of hydrogen-bond acceptors (Lipinski definition) is 3. The van der Waals surface area contributed by atoms with Crippen LogP contribution in [0, 0.1) is 5.92 Å². The van der Waals surface area contributed by atoms with E-state index in [-0.39, 0.29) is 0 Å². The summed E-state index contributed by atoms with van der Waals surface area (Å²) in [5, 5.41) is 6.59. The van der Waals surface area contributed by atoms with Crippen molar-refractivity contribution in [3.05, 3.63) is 24.3 Å². The van der Waals surface area contributed by atoms with E-state index in [1.165, 1.54) is 0 Å². The van der Waals surface area contributed by atoms with Gasteiger partial charge in [0.05, 0.1) is 6.61 Å². The molecule has 0 aliphatic heterocycles. The molecular formula is C17H29N3O2. The second-order valence-corrected chi connectivity index (χ2v) is 5.53. The third-order valence-electron chi connectivity index (χ3n) is 3.10. The van der Waals surface area contributed by atoms with E-state index in [1.807, 2.05) is 24.3 Å². The molecule has 1 aromatic rings. The van der Waals surface area contributed by atoms with Crippen LogP contribution in [0.3, 0.4) is 0 Å². The normalized spacial score (nSPS) is 11.6. The van der Waals surface area contributed by atoms with Crippen LogP contribution in [-0.4, -0.2) is 39.9 Å². The molecule has 0 aliphatic carbocycles. The third kappa shape index (κ3) is 7.88. The molecule has 0 atom stereocenters. The van der Waals surface area contributed by atoms with Gasteiger partial charge in [0.2, 0.25) is 0 Å². The van der Waals surface area contributed by atoms with Gasteiger partial charge in [-0.05, 0) is 24.5 Å². The maximum absolute atomic E-state index is 5.70. The molecule has 0 spiro atoms. The van der Waals surface area contributed by atoms with Crippen LogP contribution in [0.4, 0.5) is 5.69 Å². The summed E-state index contributed by atoms with van der Waals surface area (Å²) in [5.41, 5.74) is 0.960. The molecule has 5 nitrogen and oxygen atoms in total. The molecule has 0 fully saturated rings. The maximum Gasteiger partial charge on any atom is 0.195 e. The SMILES string of the molecule is CN=C(NCCC(C)C)Nc1cccc(OCCCOC)c1.